The summed E-state index contributed by atoms with van der Waals surface area (Å²) in [6.07, 6.45) is 3.31. The van der Waals surface area contributed by atoms with E-state index in [0.29, 0.717) is 16.9 Å². The van der Waals surface area contributed by atoms with E-state index < -0.39 is 0 Å². The molecule has 2 rings (SSSR count). The Bertz CT molecular complexity index is 593. The molecule has 0 fully saturated rings. The van der Waals surface area contributed by atoms with Crippen molar-refractivity contribution < 1.29 is 4.79 Å². The maximum atomic E-state index is 12.1. The molecule has 3 N–H and O–H groups in total. The number of aromatic nitrogens is 1. The number of nitrogens with one attached hydrogen (secondary N) is 1. The third kappa shape index (κ3) is 2.48. The number of rotatable bonds is 2. The van der Waals surface area contributed by atoms with E-state index >= 15 is 0 Å². The number of carbonyl (C=O) groups excluding carboxylic acids is 1. The number of amides is 1. The molecule has 0 bridgehead atoms. The Hall–Kier alpha value is -2.36. The van der Waals surface area contributed by atoms with Crippen molar-refractivity contribution in [3.8, 4) is 0 Å². The Morgan fingerprint density at radius 2 is 2.06 bits per heavy atom. The minimum absolute atomic E-state index is 0.215. The lowest BCUT2D eigenvalue weighted by Gasteiger charge is -2.09. The van der Waals surface area contributed by atoms with Gasteiger partial charge in [-0.3, -0.25) is 9.78 Å². The fourth-order valence-corrected chi connectivity index (χ4v) is 1.65. The lowest BCUT2D eigenvalue weighted by molar-refractivity contribution is 0.102. The Kier molecular flexibility index (Phi) is 3.28. The van der Waals surface area contributed by atoms with Crippen molar-refractivity contribution in [3.63, 3.8) is 0 Å². The van der Waals surface area contributed by atoms with Gasteiger partial charge in [-0.25, -0.2) is 0 Å². The van der Waals surface area contributed by atoms with Crippen molar-refractivity contribution in [1.82, 2.24) is 4.98 Å². The number of aryl methyl sites for hydroxylation is 2. The second kappa shape index (κ2) is 4.87. The summed E-state index contributed by atoms with van der Waals surface area (Å²) in [5.41, 5.74) is 9.42. The summed E-state index contributed by atoms with van der Waals surface area (Å²) in [5.74, 6) is -0.215. The maximum Gasteiger partial charge on any atom is 0.257 e. The van der Waals surface area contributed by atoms with Crippen molar-refractivity contribution >= 4 is 17.3 Å². The van der Waals surface area contributed by atoms with Crippen LogP contribution in [0, 0.1) is 13.8 Å². The first-order chi connectivity index (χ1) is 8.58. The normalized spacial score (nSPS) is 10.1. The highest BCUT2D eigenvalue weighted by Gasteiger charge is 2.11. The SMILES string of the molecule is Cc1ccc(N)c(C(=O)Nc2cnccc2C)c1. The Morgan fingerprint density at radius 3 is 2.78 bits per heavy atom. The molecule has 0 atom stereocenters. The highest BCUT2D eigenvalue weighted by molar-refractivity contribution is 6.08. The van der Waals surface area contributed by atoms with Crippen molar-refractivity contribution in [2.75, 3.05) is 11.1 Å². The molecule has 1 heterocycles. The van der Waals surface area contributed by atoms with Crippen LogP contribution in [0.15, 0.2) is 36.7 Å². The maximum absolute atomic E-state index is 12.1. The van der Waals surface area contributed by atoms with Gasteiger partial charge in [0.05, 0.1) is 17.4 Å². The van der Waals surface area contributed by atoms with Crippen molar-refractivity contribution in [2.45, 2.75) is 13.8 Å². The standard InChI is InChI=1S/C14H15N3O/c1-9-3-4-12(15)11(7-9)14(18)17-13-8-16-6-5-10(13)2/h3-8H,15H2,1-2H3,(H,17,18). The van der Waals surface area contributed by atoms with Gasteiger partial charge in [0.2, 0.25) is 0 Å². The van der Waals surface area contributed by atoms with Gasteiger partial charge in [0.1, 0.15) is 0 Å². The predicted molar refractivity (Wildman–Crippen MR) is 72.5 cm³/mol. The van der Waals surface area contributed by atoms with Crippen molar-refractivity contribution in [1.29, 1.82) is 0 Å². The molecule has 0 aliphatic rings. The Balaban J connectivity index is 2.28. The zero-order valence-electron chi connectivity index (χ0n) is 10.4. The molecular weight excluding hydrogens is 226 g/mol. The van der Waals surface area contributed by atoms with Crippen molar-refractivity contribution in [2.24, 2.45) is 0 Å². The molecule has 92 valence electrons. The number of hydrogen-bond donors (Lipinski definition) is 2. The minimum atomic E-state index is -0.215. The zero-order valence-corrected chi connectivity index (χ0v) is 10.4. The van der Waals surface area contributed by atoms with Gasteiger partial charge in [-0.2, -0.15) is 0 Å². The number of pyridine rings is 1. The number of hydrogen-bond acceptors (Lipinski definition) is 3. The second-order valence-corrected chi connectivity index (χ2v) is 4.24. The van der Waals surface area contributed by atoms with E-state index in [-0.39, 0.29) is 5.91 Å². The number of carbonyl (C=O) groups is 1. The molecule has 0 saturated heterocycles. The molecule has 4 heteroatoms. The van der Waals surface area contributed by atoms with E-state index in [2.05, 4.69) is 10.3 Å². The average molecular weight is 241 g/mol. The van der Waals surface area contributed by atoms with E-state index in [1.807, 2.05) is 26.0 Å². The van der Waals surface area contributed by atoms with Gasteiger partial charge in [-0.05, 0) is 37.6 Å². The number of nitrogens with zero attached hydrogens (tertiary/aromatic N) is 1. The smallest absolute Gasteiger partial charge is 0.257 e. The van der Waals surface area contributed by atoms with E-state index in [1.165, 1.54) is 0 Å². The van der Waals surface area contributed by atoms with E-state index in [1.54, 1.807) is 24.5 Å². The first-order valence-corrected chi connectivity index (χ1v) is 5.66. The summed E-state index contributed by atoms with van der Waals surface area (Å²) < 4.78 is 0. The van der Waals surface area contributed by atoms with Crippen LogP contribution in [0.5, 0.6) is 0 Å². The van der Waals surface area contributed by atoms with Crippen LogP contribution in [0.2, 0.25) is 0 Å². The molecule has 0 spiro atoms. The average Bonchev–Trinajstić information content (AvgIpc) is 2.35. The van der Waals surface area contributed by atoms with Gasteiger partial charge in [0.25, 0.3) is 5.91 Å². The van der Waals surface area contributed by atoms with Gasteiger partial charge in [0, 0.05) is 11.9 Å². The minimum Gasteiger partial charge on any atom is -0.398 e. The summed E-state index contributed by atoms with van der Waals surface area (Å²) in [6.45, 7) is 3.84. The summed E-state index contributed by atoms with van der Waals surface area (Å²) in [5, 5.41) is 2.81. The first kappa shape index (κ1) is 12.1. The van der Waals surface area contributed by atoms with Gasteiger partial charge < -0.3 is 11.1 Å². The molecular formula is C14H15N3O. The van der Waals surface area contributed by atoms with E-state index in [9.17, 15) is 4.79 Å². The van der Waals surface area contributed by atoms with Gasteiger partial charge >= 0.3 is 0 Å². The van der Waals surface area contributed by atoms with Gasteiger partial charge in [0.15, 0.2) is 0 Å². The highest BCUT2D eigenvalue weighted by Crippen LogP contribution is 2.17. The van der Waals surface area contributed by atoms with E-state index in [0.717, 1.165) is 11.1 Å². The summed E-state index contributed by atoms with van der Waals surface area (Å²) in [4.78, 5) is 16.1. The Labute approximate surface area is 106 Å². The monoisotopic (exact) mass is 241 g/mol. The molecule has 4 nitrogen and oxygen atoms in total. The van der Waals surface area contributed by atoms with E-state index in [4.69, 9.17) is 5.73 Å². The molecule has 2 aromatic rings. The fraction of sp³-hybridized carbons (Fsp3) is 0.143. The number of nitrogen functional groups attached to an aromatic ring is 1. The molecule has 18 heavy (non-hydrogen) atoms. The molecule has 0 radical (unpaired) electrons. The highest BCUT2D eigenvalue weighted by atomic mass is 16.1. The van der Waals surface area contributed by atoms with Gasteiger partial charge in [-0.1, -0.05) is 11.6 Å². The lowest BCUT2D eigenvalue weighted by atomic mass is 10.1. The van der Waals surface area contributed by atoms with Crippen LogP contribution >= 0.6 is 0 Å². The van der Waals surface area contributed by atoms with Crippen LogP contribution in [-0.4, -0.2) is 10.9 Å². The molecule has 1 amide bonds. The van der Waals surface area contributed by atoms with Crippen LogP contribution in [0.1, 0.15) is 21.5 Å². The Morgan fingerprint density at radius 1 is 1.28 bits per heavy atom. The van der Waals surface area contributed by atoms with Crippen LogP contribution in [0.4, 0.5) is 11.4 Å². The number of benzene rings is 1. The zero-order chi connectivity index (χ0) is 13.1. The molecule has 0 aliphatic carbocycles. The number of nitrogens with two attached hydrogens (primary N) is 1. The van der Waals surface area contributed by atoms with Crippen LogP contribution in [0.3, 0.4) is 0 Å². The quantitative estimate of drug-likeness (QED) is 0.794. The predicted octanol–water partition coefficient (Wildman–Crippen LogP) is 2.53. The van der Waals surface area contributed by atoms with Crippen LogP contribution in [0.25, 0.3) is 0 Å². The van der Waals surface area contributed by atoms with Gasteiger partial charge in [-0.15, -0.1) is 0 Å². The molecule has 0 aliphatic heterocycles. The summed E-state index contributed by atoms with van der Waals surface area (Å²) in [7, 11) is 0. The lowest BCUT2D eigenvalue weighted by Crippen LogP contribution is -2.15. The largest absolute Gasteiger partial charge is 0.398 e. The third-order valence-electron chi connectivity index (χ3n) is 2.74. The van der Waals surface area contributed by atoms with Crippen LogP contribution < -0.4 is 11.1 Å². The molecule has 0 saturated carbocycles. The number of anilines is 2. The first-order valence-electron chi connectivity index (χ1n) is 5.66. The second-order valence-electron chi connectivity index (χ2n) is 4.24. The summed E-state index contributed by atoms with van der Waals surface area (Å²) >= 11 is 0. The third-order valence-corrected chi connectivity index (χ3v) is 2.74. The topological polar surface area (TPSA) is 68.0 Å². The molecule has 1 aromatic carbocycles. The fourth-order valence-electron chi connectivity index (χ4n) is 1.65. The summed E-state index contributed by atoms with van der Waals surface area (Å²) in [6, 6.07) is 7.23. The molecule has 1 aromatic heterocycles. The van der Waals surface area contributed by atoms with Crippen molar-refractivity contribution in [3.05, 3.63) is 53.3 Å². The van der Waals surface area contributed by atoms with Crippen LogP contribution in [-0.2, 0) is 0 Å². The molecule has 0 unspecified atom stereocenters.